The van der Waals surface area contributed by atoms with Crippen LogP contribution in [0.4, 0.5) is 0 Å². The first-order valence-corrected chi connectivity index (χ1v) is 8.72. The van der Waals surface area contributed by atoms with Gasteiger partial charge in [-0.05, 0) is 11.1 Å². The van der Waals surface area contributed by atoms with Gasteiger partial charge < -0.3 is 36.0 Å². The third kappa shape index (κ3) is 9.07. The minimum absolute atomic E-state index is 0.726. The molecule has 0 aromatic heterocycles. The lowest BCUT2D eigenvalue weighted by Crippen LogP contribution is -2.46. The molecule has 2 aromatic rings. The van der Waals surface area contributed by atoms with E-state index in [4.69, 9.17) is 30.6 Å². The van der Waals surface area contributed by atoms with Crippen molar-refractivity contribution in [3.05, 3.63) is 71.8 Å². The van der Waals surface area contributed by atoms with Gasteiger partial charge in [0.15, 0.2) is 0 Å². The predicted molar refractivity (Wildman–Crippen MR) is 102 cm³/mol. The van der Waals surface area contributed by atoms with E-state index in [2.05, 4.69) is 53.8 Å². The van der Waals surface area contributed by atoms with Gasteiger partial charge in [-0.3, -0.25) is 0 Å². The van der Waals surface area contributed by atoms with Crippen molar-refractivity contribution in [2.24, 2.45) is 0 Å². The Balaban J connectivity index is 0.000000279. The van der Waals surface area contributed by atoms with Gasteiger partial charge in [0.2, 0.25) is 0 Å². The van der Waals surface area contributed by atoms with E-state index in [0.717, 1.165) is 13.1 Å². The second-order valence-electron chi connectivity index (χ2n) is 6.06. The summed E-state index contributed by atoms with van der Waals surface area (Å²) in [5.74, 6) is 0. The van der Waals surface area contributed by atoms with Crippen LogP contribution >= 0.6 is 0 Å². The van der Waals surface area contributed by atoms with Crippen molar-refractivity contribution >= 4 is 0 Å². The van der Waals surface area contributed by atoms with E-state index < -0.39 is 37.6 Å². The zero-order valence-corrected chi connectivity index (χ0v) is 15.1. The Hall–Kier alpha value is -1.84. The highest BCUT2D eigenvalue weighted by atomic mass is 16.4. The molecule has 2 aromatic carbocycles. The second-order valence-corrected chi connectivity index (χ2v) is 6.06. The van der Waals surface area contributed by atoms with E-state index in [9.17, 15) is 0 Å². The molecule has 150 valence electrons. The first kappa shape index (κ1) is 23.2. The van der Waals surface area contributed by atoms with Crippen molar-refractivity contribution in [1.29, 1.82) is 0 Å². The number of aliphatic hydroxyl groups excluding tert-OH is 6. The topological polar surface area (TPSA) is 133 Å². The molecule has 4 unspecified atom stereocenters. The highest BCUT2D eigenvalue weighted by Crippen LogP contribution is 2.04. The number of hydrogen-bond donors (Lipinski definition) is 7. The van der Waals surface area contributed by atoms with Crippen molar-refractivity contribution in [3.8, 4) is 0 Å². The van der Waals surface area contributed by atoms with Gasteiger partial charge in [0, 0.05) is 13.1 Å². The Morgan fingerprint density at radius 2 is 0.926 bits per heavy atom. The van der Waals surface area contributed by atoms with Crippen LogP contribution in [0.5, 0.6) is 0 Å². The molecule has 0 saturated carbocycles. The monoisotopic (exact) mass is 379 g/mol. The Kier molecular flexibility index (Phi) is 11.5. The summed E-state index contributed by atoms with van der Waals surface area (Å²) in [4.78, 5) is 0. The SMILES string of the molecule is OCC(O)C(O)C(O)C(O)CO.c1ccc(CNCc2ccccc2)cc1. The minimum atomic E-state index is -1.67. The van der Waals surface area contributed by atoms with Crippen LogP contribution in [0.1, 0.15) is 11.1 Å². The molecule has 0 heterocycles. The van der Waals surface area contributed by atoms with Gasteiger partial charge in [-0.25, -0.2) is 0 Å². The molecule has 7 N–H and O–H groups in total. The Morgan fingerprint density at radius 1 is 0.593 bits per heavy atom. The molecule has 0 radical (unpaired) electrons. The Labute approximate surface area is 159 Å². The van der Waals surface area contributed by atoms with Crippen molar-refractivity contribution in [2.45, 2.75) is 37.5 Å². The summed E-state index contributed by atoms with van der Waals surface area (Å²) in [6.45, 7) is 0.401. The quantitative estimate of drug-likeness (QED) is 0.309. The third-order valence-corrected chi connectivity index (χ3v) is 3.86. The van der Waals surface area contributed by atoms with Crippen LogP contribution in [0.25, 0.3) is 0 Å². The van der Waals surface area contributed by atoms with Gasteiger partial charge in [-0.1, -0.05) is 60.7 Å². The molecule has 27 heavy (non-hydrogen) atoms. The highest BCUT2D eigenvalue weighted by Gasteiger charge is 2.29. The number of aliphatic hydroxyl groups is 6. The molecule has 0 bridgehead atoms. The van der Waals surface area contributed by atoms with Gasteiger partial charge in [-0.2, -0.15) is 0 Å². The van der Waals surface area contributed by atoms with Crippen LogP contribution in [0, 0.1) is 0 Å². The minimum Gasteiger partial charge on any atom is -0.394 e. The summed E-state index contributed by atoms with van der Waals surface area (Å²) < 4.78 is 0. The van der Waals surface area contributed by atoms with E-state index in [1.165, 1.54) is 11.1 Å². The predicted octanol–water partition coefficient (Wildman–Crippen LogP) is -0.609. The number of hydrogen-bond acceptors (Lipinski definition) is 7. The molecule has 7 heteroatoms. The molecule has 0 spiro atoms. The lowest BCUT2D eigenvalue weighted by atomic mass is 10.0. The smallest absolute Gasteiger partial charge is 0.111 e. The van der Waals surface area contributed by atoms with E-state index in [1.807, 2.05) is 12.1 Å². The first-order chi connectivity index (χ1) is 13.0. The summed E-state index contributed by atoms with van der Waals surface area (Å²) in [7, 11) is 0. The lowest BCUT2D eigenvalue weighted by molar-refractivity contribution is -0.123. The molecule has 0 aliphatic rings. The van der Waals surface area contributed by atoms with Crippen LogP contribution < -0.4 is 5.32 Å². The average Bonchev–Trinajstić information content (AvgIpc) is 2.73. The summed E-state index contributed by atoms with van der Waals surface area (Å²) in [5.41, 5.74) is 2.65. The molecule has 0 aliphatic carbocycles. The Morgan fingerprint density at radius 3 is 1.22 bits per heavy atom. The third-order valence-electron chi connectivity index (χ3n) is 3.86. The number of benzene rings is 2. The average molecular weight is 379 g/mol. The summed E-state index contributed by atoms with van der Waals surface area (Å²) in [6.07, 6.45) is -6.39. The maximum Gasteiger partial charge on any atom is 0.111 e. The second kappa shape index (κ2) is 13.3. The maximum absolute atomic E-state index is 8.96. The van der Waals surface area contributed by atoms with E-state index in [0.29, 0.717) is 0 Å². The summed E-state index contributed by atoms with van der Waals surface area (Å²) in [5, 5.41) is 55.6. The van der Waals surface area contributed by atoms with Crippen LogP contribution in [-0.2, 0) is 13.1 Å². The van der Waals surface area contributed by atoms with Crippen LogP contribution in [-0.4, -0.2) is 68.3 Å². The van der Waals surface area contributed by atoms with Gasteiger partial charge in [-0.15, -0.1) is 0 Å². The molecule has 7 nitrogen and oxygen atoms in total. The standard InChI is InChI=1S/C14H15N.C6H14O6/c1-3-7-13(8-4-1)11-15-12-14-9-5-2-6-10-14;7-1-3(9)5(11)6(12)4(10)2-8/h1-10,15H,11-12H2;3-12H,1-2H2. The van der Waals surface area contributed by atoms with Crippen molar-refractivity contribution in [3.63, 3.8) is 0 Å². The number of nitrogens with one attached hydrogen (secondary N) is 1. The van der Waals surface area contributed by atoms with Crippen LogP contribution in [0.2, 0.25) is 0 Å². The molecule has 4 atom stereocenters. The van der Waals surface area contributed by atoms with Gasteiger partial charge in [0.1, 0.15) is 24.4 Å². The van der Waals surface area contributed by atoms with Gasteiger partial charge in [0.25, 0.3) is 0 Å². The molecule has 0 fully saturated rings. The molecular formula is C20H29NO6. The van der Waals surface area contributed by atoms with Crippen molar-refractivity contribution in [2.75, 3.05) is 13.2 Å². The van der Waals surface area contributed by atoms with Crippen molar-refractivity contribution < 1.29 is 30.6 Å². The lowest BCUT2D eigenvalue weighted by Gasteiger charge is -2.24. The normalized spacial score (nSPS) is 15.2. The molecule has 0 amide bonds. The Bertz CT molecular complexity index is 544. The van der Waals surface area contributed by atoms with E-state index in [-0.39, 0.29) is 0 Å². The first-order valence-electron chi connectivity index (χ1n) is 8.72. The fourth-order valence-corrected chi connectivity index (χ4v) is 2.21. The molecular weight excluding hydrogens is 350 g/mol. The van der Waals surface area contributed by atoms with E-state index >= 15 is 0 Å². The number of rotatable bonds is 9. The summed E-state index contributed by atoms with van der Waals surface area (Å²) in [6, 6.07) is 20.9. The van der Waals surface area contributed by atoms with Gasteiger partial charge >= 0.3 is 0 Å². The van der Waals surface area contributed by atoms with Gasteiger partial charge in [0.05, 0.1) is 13.2 Å². The van der Waals surface area contributed by atoms with E-state index in [1.54, 1.807) is 0 Å². The fourth-order valence-electron chi connectivity index (χ4n) is 2.21. The van der Waals surface area contributed by atoms with Crippen molar-refractivity contribution in [1.82, 2.24) is 5.32 Å². The van der Waals surface area contributed by atoms with Crippen LogP contribution in [0.3, 0.4) is 0 Å². The summed E-state index contributed by atoms with van der Waals surface area (Å²) >= 11 is 0. The largest absolute Gasteiger partial charge is 0.394 e. The fraction of sp³-hybridized carbons (Fsp3) is 0.400. The highest BCUT2D eigenvalue weighted by molar-refractivity contribution is 5.16. The zero-order chi connectivity index (χ0) is 20.1. The maximum atomic E-state index is 8.96. The zero-order valence-electron chi connectivity index (χ0n) is 15.1. The molecule has 0 saturated heterocycles. The molecule has 0 aliphatic heterocycles. The van der Waals surface area contributed by atoms with Crippen LogP contribution in [0.15, 0.2) is 60.7 Å². The molecule has 2 rings (SSSR count).